The Morgan fingerprint density at radius 2 is 1.78 bits per heavy atom. The fourth-order valence-corrected chi connectivity index (χ4v) is 3.28. The van der Waals surface area contributed by atoms with Crippen molar-refractivity contribution in [1.29, 1.82) is 0 Å². The van der Waals surface area contributed by atoms with Gasteiger partial charge in [-0.2, -0.15) is 13.2 Å². The van der Waals surface area contributed by atoms with Crippen molar-refractivity contribution >= 4 is 11.6 Å². The topological polar surface area (TPSA) is 42.0 Å². The minimum absolute atomic E-state index is 0.0505. The van der Waals surface area contributed by atoms with Gasteiger partial charge in [0.15, 0.2) is 5.78 Å². The molecule has 1 aliphatic rings. The highest BCUT2D eigenvalue weighted by atomic mass is 19.4. The molecular formula is C21H15F3N2O. The molecule has 0 aliphatic carbocycles. The fraction of sp³-hybridized carbons (Fsp3) is 0.143. The van der Waals surface area contributed by atoms with Crippen LogP contribution in [0.15, 0.2) is 66.9 Å². The van der Waals surface area contributed by atoms with E-state index in [0.29, 0.717) is 17.9 Å². The largest absolute Gasteiger partial charge is 0.416 e. The second-order valence-corrected chi connectivity index (χ2v) is 6.40. The fourth-order valence-electron chi connectivity index (χ4n) is 3.28. The van der Waals surface area contributed by atoms with E-state index >= 15 is 0 Å². The lowest BCUT2D eigenvalue weighted by atomic mass is 9.91. The van der Waals surface area contributed by atoms with Gasteiger partial charge in [-0.3, -0.25) is 4.79 Å². The summed E-state index contributed by atoms with van der Waals surface area (Å²) >= 11 is 0. The Morgan fingerprint density at radius 1 is 1.00 bits per heavy atom. The van der Waals surface area contributed by atoms with Crippen LogP contribution in [0.4, 0.5) is 19.0 Å². The first kappa shape index (κ1) is 17.3. The lowest BCUT2D eigenvalue weighted by Gasteiger charge is -2.12. The molecule has 0 saturated heterocycles. The van der Waals surface area contributed by atoms with Crippen LogP contribution in [-0.2, 0) is 6.18 Å². The Bertz CT molecular complexity index is 1000. The maximum absolute atomic E-state index is 13.0. The van der Waals surface area contributed by atoms with Crippen molar-refractivity contribution in [1.82, 2.24) is 4.98 Å². The maximum Gasteiger partial charge on any atom is 0.416 e. The van der Waals surface area contributed by atoms with Crippen LogP contribution in [0.25, 0.3) is 11.1 Å². The van der Waals surface area contributed by atoms with E-state index in [1.54, 1.807) is 6.20 Å². The van der Waals surface area contributed by atoms with E-state index < -0.39 is 17.7 Å². The minimum atomic E-state index is -4.48. The van der Waals surface area contributed by atoms with Gasteiger partial charge in [-0.05, 0) is 23.8 Å². The zero-order chi connectivity index (χ0) is 19.0. The first-order valence-electron chi connectivity index (χ1n) is 8.44. The van der Waals surface area contributed by atoms with E-state index in [9.17, 15) is 18.0 Å². The van der Waals surface area contributed by atoms with Crippen LogP contribution in [0.2, 0.25) is 0 Å². The number of benzene rings is 2. The molecule has 1 N–H and O–H groups in total. The van der Waals surface area contributed by atoms with Crippen LogP contribution in [-0.4, -0.2) is 17.3 Å². The minimum Gasteiger partial charge on any atom is -0.369 e. The Balaban J connectivity index is 1.69. The third-order valence-corrected chi connectivity index (χ3v) is 4.66. The molecule has 3 nitrogen and oxygen atoms in total. The summed E-state index contributed by atoms with van der Waals surface area (Å²) in [6.45, 7) is 0.315. The number of carbonyl (C=O) groups excluding carboxylic acids is 1. The second kappa shape index (κ2) is 6.54. The van der Waals surface area contributed by atoms with E-state index in [1.807, 2.05) is 36.4 Å². The number of halogens is 3. The van der Waals surface area contributed by atoms with Gasteiger partial charge in [-0.15, -0.1) is 0 Å². The van der Waals surface area contributed by atoms with Crippen molar-refractivity contribution in [2.45, 2.75) is 12.1 Å². The Morgan fingerprint density at radius 3 is 2.52 bits per heavy atom. The lowest BCUT2D eigenvalue weighted by molar-refractivity contribution is -0.137. The number of nitrogens with zero attached hydrogens (tertiary/aromatic N) is 1. The van der Waals surface area contributed by atoms with E-state index in [0.717, 1.165) is 23.3 Å². The lowest BCUT2D eigenvalue weighted by Crippen LogP contribution is -2.16. The molecular weight excluding hydrogens is 353 g/mol. The number of nitrogens with one attached hydrogen (secondary N) is 1. The van der Waals surface area contributed by atoms with Crippen molar-refractivity contribution in [2.75, 3.05) is 11.9 Å². The molecule has 3 aromatic rings. The molecule has 4 rings (SSSR count). The van der Waals surface area contributed by atoms with Gasteiger partial charge in [0.05, 0.1) is 11.5 Å². The van der Waals surface area contributed by atoms with Gasteiger partial charge < -0.3 is 5.32 Å². The number of alkyl halides is 3. The summed E-state index contributed by atoms with van der Waals surface area (Å²) in [5.74, 6) is -0.320. The summed E-state index contributed by atoms with van der Waals surface area (Å²) in [6, 6.07) is 16.0. The van der Waals surface area contributed by atoms with Crippen LogP contribution >= 0.6 is 0 Å². The van der Waals surface area contributed by atoms with E-state index in [2.05, 4.69) is 10.3 Å². The molecule has 1 aromatic heterocycles. The highest BCUT2D eigenvalue weighted by Crippen LogP contribution is 2.36. The van der Waals surface area contributed by atoms with Crippen molar-refractivity contribution in [2.24, 2.45) is 0 Å². The number of fused-ring (bicyclic) bond motifs is 1. The number of anilines is 1. The molecule has 6 heteroatoms. The average molecular weight is 368 g/mol. The summed E-state index contributed by atoms with van der Waals surface area (Å²) in [5, 5.41) is 3.07. The predicted octanol–water partition coefficient (Wildman–Crippen LogP) is 5.16. The Hall–Kier alpha value is -3.15. The van der Waals surface area contributed by atoms with E-state index in [1.165, 1.54) is 12.1 Å². The van der Waals surface area contributed by atoms with Gasteiger partial charge in [-0.25, -0.2) is 4.98 Å². The molecule has 1 atom stereocenters. The molecule has 2 heterocycles. The maximum atomic E-state index is 13.0. The number of carbonyl (C=O) groups is 1. The van der Waals surface area contributed by atoms with Crippen molar-refractivity contribution in [3.05, 3.63) is 83.6 Å². The third-order valence-electron chi connectivity index (χ3n) is 4.66. The molecule has 27 heavy (non-hydrogen) atoms. The zero-order valence-electron chi connectivity index (χ0n) is 14.1. The Labute approximate surface area is 153 Å². The van der Waals surface area contributed by atoms with Gasteiger partial charge >= 0.3 is 6.18 Å². The van der Waals surface area contributed by atoms with Crippen LogP contribution < -0.4 is 5.32 Å². The van der Waals surface area contributed by atoms with Crippen molar-refractivity contribution in [3.63, 3.8) is 0 Å². The first-order chi connectivity index (χ1) is 12.9. The van der Waals surface area contributed by atoms with Crippen LogP contribution in [0.3, 0.4) is 0 Å². The summed E-state index contributed by atoms with van der Waals surface area (Å²) in [7, 11) is 0. The van der Waals surface area contributed by atoms with Crippen LogP contribution in [0.5, 0.6) is 0 Å². The number of hydrogen-bond acceptors (Lipinski definition) is 3. The molecule has 0 spiro atoms. The molecule has 0 saturated carbocycles. The SMILES string of the molecule is O=C(c1cccc(C(F)(F)F)c1)C1CNc2ncc(-c3ccccc3)cc21. The van der Waals surface area contributed by atoms with Crippen LogP contribution in [0.1, 0.15) is 27.4 Å². The summed E-state index contributed by atoms with van der Waals surface area (Å²) < 4.78 is 38.9. The second-order valence-electron chi connectivity index (χ2n) is 6.40. The number of ketones is 1. The van der Waals surface area contributed by atoms with Gasteiger partial charge in [0.2, 0.25) is 0 Å². The highest BCUT2D eigenvalue weighted by Gasteiger charge is 2.34. The molecule has 0 radical (unpaired) electrons. The number of Topliss-reactive ketones (excluding diaryl/α,β-unsaturated/α-hetero) is 1. The molecule has 2 aromatic carbocycles. The summed E-state index contributed by atoms with van der Waals surface area (Å²) in [6.07, 6.45) is -2.76. The van der Waals surface area contributed by atoms with Crippen molar-refractivity contribution < 1.29 is 18.0 Å². The van der Waals surface area contributed by atoms with E-state index in [-0.39, 0.29) is 11.3 Å². The monoisotopic (exact) mass is 368 g/mol. The van der Waals surface area contributed by atoms with Gasteiger partial charge in [0.25, 0.3) is 0 Å². The molecule has 1 aliphatic heterocycles. The average Bonchev–Trinajstić information content (AvgIpc) is 3.10. The highest BCUT2D eigenvalue weighted by molar-refractivity contribution is 6.03. The number of pyridine rings is 1. The van der Waals surface area contributed by atoms with Gasteiger partial charge in [0.1, 0.15) is 5.82 Å². The summed E-state index contributed by atoms with van der Waals surface area (Å²) in [5.41, 5.74) is 1.76. The smallest absolute Gasteiger partial charge is 0.369 e. The molecule has 0 fully saturated rings. The molecule has 0 bridgehead atoms. The van der Waals surface area contributed by atoms with Gasteiger partial charge in [0, 0.05) is 29.4 Å². The number of rotatable bonds is 3. The first-order valence-corrected chi connectivity index (χ1v) is 8.44. The standard InChI is InChI=1S/C21H15F3N2O/c22-21(23,24)16-8-4-7-14(9-16)19(27)18-12-26-20-17(18)10-15(11-25-20)13-5-2-1-3-6-13/h1-11,18H,12H2,(H,25,26). The third kappa shape index (κ3) is 3.30. The normalized spacial score (nSPS) is 15.9. The number of aromatic nitrogens is 1. The van der Waals surface area contributed by atoms with Crippen LogP contribution in [0, 0.1) is 0 Å². The quantitative estimate of drug-likeness (QED) is 0.650. The Kier molecular flexibility index (Phi) is 4.18. The molecule has 136 valence electrons. The zero-order valence-corrected chi connectivity index (χ0v) is 14.1. The number of hydrogen-bond donors (Lipinski definition) is 1. The van der Waals surface area contributed by atoms with Gasteiger partial charge in [-0.1, -0.05) is 42.5 Å². The summed E-state index contributed by atoms with van der Waals surface area (Å²) in [4.78, 5) is 17.3. The van der Waals surface area contributed by atoms with E-state index in [4.69, 9.17) is 0 Å². The van der Waals surface area contributed by atoms with Crippen molar-refractivity contribution in [3.8, 4) is 11.1 Å². The molecule has 0 amide bonds. The predicted molar refractivity (Wildman–Crippen MR) is 96.7 cm³/mol. The molecule has 1 unspecified atom stereocenters.